The number of hydrogen-bond donors (Lipinski definition) is 1. The Hall–Kier alpha value is -5.71. The van der Waals surface area contributed by atoms with Crippen molar-refractivity contribution in [1.82, 2.24) is 9.55 Å². The number of anilines is 1. The SMILES string of the molecule is COc1ccc(C(O[13CH2][13C@H]([13CH]=O)O[13C@H]([13CH]=O)[15n]2[13cH]cc([15NH]C(=O)c3ccccc3)[15n]c2=O)(c2ccccc2)c2ccccc2)cc1. The van der Waals surface area contributed by atoms with E-state index in [9.17, 15) is 19.2 Å². The van der Waals surface area contributed by atoms with Crippen LogP contribution >= 0.6 is 0 Å². The van der Waals surface area contributed by atoms with Gasteiger partial charge in [-0.2, -0.15) is 4.98 Å². The van der Waals surface area contributed by atoms with E-state index in [1.165, 1.54) is 12.3 Å². The first kappa shape index (κ1) is 31.7. The topological polar surface area (TPSA) is 126 Å². The number of ether oxygens (including phenoxy) is 3. The number of methoxy groups -OCH3 is 1. The maximum absolute atomic E-state index is 12.9. The summed E-state index contributed by atoms with van der Waals surface area (Å²) < 4.78 is 18.8. The van der Waals surface area contributed by atoms with Crippen LogP contribution in [0.15, 0.2) is 132 Å². The average Bonchev–Trinajstić information content (AvgIpc) is 3.11. The predicted molar refractivity (Wildman–Crippen MR) is 171 cm³/mol. The zero-order chi connectivity index (χ0) is 32.4. The molecule has 0 fully saturated rings. The summed E-state index contributed by atoms with van der Waals surface area (Å²) in [5.41, 5.74) is 0.666. The van der Waals surface area contributed by atoms with Crippen molar-refractivity contribution < 1.29 is 28.6 Å². The summed E-state index contributed by atoms with van der Waals surface area (Å²) in [5.74, 6) is 0.195. The molecule has 5 rings (SSSR count). The van der Waals surface area contributed by atoms with Gasteiger partial charge < -0.3 is 24.3 Å². The molecule has 0 aliphatic heterocycles. The fourth-order valence-corrected chi connectivity index (χ4v) is 5.04. The number of benzene rings is 4. The van der Waals surface area contributed by atoms with Crippen LogP contribution in [0.4, 0.5) is 5.82 Å². The number of nitrogens with one attached hydrogen (secondary N) is 1. The zero-order valence-corrected chi connectivity index (χ0v) is 24.9. The van der Waals surface area contributed by atoms with Crippen LogP contribution in [0.3, 0.4) is 0 Å². The van der Waals surface area contributed by atoms with E-state index in [1.54, 1.807) is 37.4 Å². The minimum absolute atomic E-state index is 0.00924. The number of aromatic nitrogens is 2. The number of hydrogen-bond acceptors (Lipinski definition) is 8. The average molecular weight is 627 g/mol. The second kappa shape index (κ2) is 14.8. The highest BCUT2D eigenvalue weighted by atomic mass is 16.7. The maximum Gasteiger partial charge on any atom is 0.352 e. The molecule has 2 atom stereocenters. The van der Waals surface area contributed by atoms with Gasteiger partial charge in [0.05, 0.1) is 13.7 Å². The number of rotatable bonds is 14. The highest BCUT2D eigenvalue weighted by Crippen LogP contribution is 2.41. The van der Waals surface area contributed by atoms with Crippen LogP contribution in [0.25, 0.3) is 0 Å². The number of carbonyl (C=O) groups excluding carboxylic acids is 3. The van der Waals surface area contributed by atoms with E-state index in [0.717, 1.165) is 21.3 Å². The molecule has 1 N–H and O–H groups in total. The quantitative estimate of drug-likeness (QED) is 0.0807. The van der Waals surface area contributed by atoms with Gasteiger partial charge in [-0.25, -0.2) is 4.79 Å². The normalized spacial score (nSPS) is 12.5. The van der Waals surface area contributed by atoms with Gasteiger partial charge in [0.2, 0.25) is 0 Å². The molecule has 0 radical (unpaired) electrons. The lowest BCUT2D eigenvalue weighted by atomic mass is 9.80. The summed E-state index contributed by atoms with van der Waals surface area (Å²) in [5, 5.41) is 2.55. The summed E-state index contributed by atoms with van der Waals surface area (Å²) in [7, 11) is 1.58. The van der Waals surface area contributed by atoms with E-state index in [-0.39, 0.29) is 12.4 Å². The fourth-order valence-electron chi connectivity index (χ4n) is 5.04. The summed E-state index contributed by atoms with van der Waals surface area (Å²) in [6, 6.07) is 36.2. The highest BCUT2D eigenvalue weighted by Gasteiger charge is 2.38. The third kappa shape index (κ3) is 6.99. The van der Waals surface area contributed by atoms with Crippen molar-refractivity contribution in [1.29, 1.82) is 0 Å². The minimum atomic E-state index is -1.50. The second-order valence-electron chi connectivity index (χ2n) is 10.1. The Kier molecular flexibility index (Phi) is 10.2. The molecule has 1 aromatic heterocycles. The Morgan fingerprint density at radius 2 is 1.37 bits per heavy atom. The van der Waals surface area contributed by atoms with Gasteiger partial charge in [-0.1, -0.05) is 91.0 Å². The van der Waals surface area contributed by atoms with Gasteiger partial charge in [0.1, 0.15) is 23.3 Å². The lowest BCUT2D eigenvalue weighted by molar-refractivity contribution is -0.147. The van der Waals surface area contributed by atoms with Crippen molar-refractivity contribution in [2.45, 2.75) is 17.9 Å². The van der Waals surface area contributed by atoms with Crippen molar-refractivity contribution >= 4 is 24.3 Å². The molecule has 1 heterocycles. The second-order valence-corrected chi connectivity index (χ2v) is 10.1. The number of amides is 1. The Morgan fingerprint density at radius 3 is 1.89 bits per heavy atom. The lowest BCUT2D eigenvalue weighted by Gasteiger charge is -2.36. The molecule has 232 valence electrons. The van der Waals surface area contributed by atoms with Gasteiger partial charge in [-0.3, -0.25) is 14.2 Å². The van der Waals surface area contributed by atoms with Gasteiger partial charge in [-0.05, 0) is 47.0 Å². The lowest BCUT2D eigenvalue weighted by Crippen LogP contribution is -2.38. The van der Waals surface area contributed by atoms with Crippen molar-refractivity contribution in [2.24, 2.45) is 0 Å². The van der Waals surface area contributed by atoms with Gasteiger partial charge in [0, 0.05) is 11.8 Å². The molecule has 0 spiro atoms. The molecule has 10 heteroatoms. The maximum atomic E-state index is 12.9. The first-order chi connectivity index (χ1) is 22.5. The van der Waals surface area contributed by atoms with Crippen molar-refractivity contribution in [3.05, 3.63) is 160 Å². The molecule has 10 nitrogen and oxygen atoms in total. The summed E-state index contributed by atoms with van der Waals surface area (Å²) >= 11 is 0. The molecule has 0 unspecified atom stereocenters. The fraction of sp³-hybridized carbons (Fsp3) is 0.139. The van der Waals surface area contributed by atoms with Gasteiger partial charge in [0.15, 0.2) is 18.8 Å². The first-order valence-electron chi connectivity index (χ1n) is 14.4. The van der Waals surface area contributed by atoms with Crippen LogP contribution in [-0.4, -0.2) is 47.9 Å². The third-order valence-corrected chi connectivity index (χ3v) is 7.29. The summed E-state index contributed by atoms with van der Waals surface area (Å²) in [6.07, 6.45) is -0.607. The molecule has 5 aromatic rings. The molecule has 0 saturated carbocycles. The molecular formula is C36H31N3O7. The zero-order valence-electron chi connectivity index (χ0n) is 24.9. The molecule has 0 bridgehead atoms. The summed E-state index contributed by atoms with van der Waals surface area (Å²) in [6.45, 7) is -0.281. The first-order valence-corrected chi connectivity index (χ1v) is 14.4. The standard InChI is InChI=1S/C36H31N3O7/c1-44-30-19-17-29(18-20-30)36(27-13-7-3-8-14-27,28-15-9-4-10-16-28)45-25-31(23-40)46-33(24-41)39-22-21-32(38-35(39)43)37-34(42)26-11-5-2-6-12-26/h2-24,31,33H,25H2,1H3,(H,37,38,42,43)/t31-,33+/m0/s1/i22+1,23+1,24+1,25+1,31+1,33+1,37+1,38+1,39+1. The molecule has 0 aliphatic rings. The van der Waals surface area contributed by atoms with Crippen molar-refractivity contribution in [3.8, 4) is 5.75 Å². The Bertz CT molecular complexity index is 1770. The summed E-state index contributed by atoms with van der Waals surface area (Å²) in [4.78, 5) is 53.7. The van der Waals surface area contributed by atoms with Crippen LogP contribution in [-0.2, 0) is 24.7 Å². The molecule has 0 aliphatic carbocycles. The van der Waals surface area contributed by atoms with Crippen molar-refractivity contribution in [2.75, 3.05) is 19.0 Å². The number of carbonyl (C=O) groups is 3. The smallest absolute Gasteiger partial charge is 0.352 e. The predicted octanol–water partition coefficient (Wildman–Crippen LogP) is 4.79. The molecule has 4 aromatic carbocycles. The van der Waals surface area contributed by atoms with Gasteiger partial charge in [-0.15, -0.1) is 0 Å². The van der Waals surface area contributed by atoms with E-state index in [0.29, 0.717) is 23.9 Å². The number of nitrogens with zero attached hydrogens (tertiary/aromatic N) is 2. The highest BCUT2D eigenvalue weighted by molar-refractivity contribution is 6.03. The van der Waals surface area contributed by atoms with Crippen LogP contribution in [0.5, 0.6) is 5.75 Å². The minimum Gasteiger partial charge on any atom is -0.497 e. The monoisotopic (exact) mass is 626 g/mol. The molecule has 46 heavy (non-hydrogen) atoms. The van der Waals surface area contributed by atoms with Crippen LogP contribution in [0.1, 0.15) is 33.3 Å². The van der Waals surface area contributed by atoms with Crippen LogP contribution in [0, 0.1) is 0 Å². The Labute approximate surface area is 265 Å². The van der Waals surface area contributed by atoms with Crippen molar-refractivity contribution in [3.63, 3.8) is 0 Å². The molecule has 1 amide bonds. The molecular weight excluding hydrogens is 595 g/mol. The van der Waals surface area contributed by atoms with E-state index >= 15 is 0 Å². The van der Waals surface area contributed by atoms with Crippen LogP contribution < -0.4 is 15.7 Å². The van der Waals surface area contributed by atoms with E-state index in [2.05, 4.69) is 10.3 Å². The van der Waals surface area contributed by atoms with Crippen LogP contribution in [0.2, 0.25) is 0 Å². The van der Waals surface area contributed by atoms with Gasteiger partial charge >= 0.3 is 5.69 Å². The Morgan fingerprint density at radius 1 is 0.804 bits per heavy atom. The largest absolute Gasteiger partial charge is 0.497 e. The van der Waals surface area contributed by atoms with E-state index in [1.807, 2.05) is 84.9 Å². The Balaban J connectivity index is 1.41. The van der Waals surface area contributed by atoms with Gasteiger partial charge in [0.25, 0.3) is 5.91 Å². The van der Waals surface area contributed by atoms with E-state index < -0.39 is 29.5 Å². The van der Waals surface area contributed by atoms with E-state index in [4.69, 9.17) is 14.2 Å². The third-order valence-electron chi connectivity index (χ3n) is 7.29. The molecule has 0 saturated heterocycles. The number of aldehydes is 2.